The van der Waals surface area contributed by atoms with Gasteiger partial charge in [-0.25, -0.2) is 0 Å². The van der Waals surface area contributed by atoms with E-state index in [-0.39, 0.29) is 18.9 Å². The number of rotatable bonds is 5. The van der Waals surface area contributed by atoms with E-state index in [4.69, 9.17) is 5.11 Å². The zero-order valence-electron chi connectivity index (χ0n) is 9.41. The third-order valence-corrected chi connectivity index (χ3v) is 2.24. The maximum absolute atomic E-state index is 11.7. The Kier molecular flexibility index (Phi) is 4.19. The first-order valence-electron chi connectivity index (χ1n) is 5.03. The number of benzene rings is 1. The molecule has 0 radical (unpaired) electrons. The fourth-order valence-electron chi connectivity index (χ4n) is 1.50. The van der Waals surface area contributed by atoms with Gasteiger partial charge in [0.2, 0.25) is 0 Å². The van der Waals surface area contributed by atoms with Crippen LogP contribution in [0.4, 0.5) is 0 Å². The molecule has 1 aromatic carbocycles. The van der Waals surface area contributed by atoms with Gasteiger partial charge in [-0.3, -0.25) is 14.9 Å². The van der Waals surface area contributed by atoms with Gasteiger partial charge in [-0.2, -0.15) is 0 Å². The molecule has 0 amide bonds. The molecule has 0 aromatic heterocycles. The van der Waals surface area contributed by atoms with Crippen LogP contribution in [-0.4, -0.2) is 29.9 Å². The van der Waals surface area contributed by atoms with E-state index >= 15 is 0 Å². The molecule has 0 aliphatic carbocycles. The minimum Gasteiger partial charge on any atom is -0.480 e. The Morgan fingerprint density at radius 3 is 2.50 bits per heavy atom. The predicted molar refractivity (Wildman–Crippen MR) is 60.8 cm³/mol. The van der Waals surface area contributed by atoms with Crippen LogP contribution in [0.2, 0.25) is 0 Å². The van der Waals surface area contributed by atoms with Crippen LogP contribution in [0.1, 0.15) is 21.5 Å². The van der Waals surface area contributed by atoms with E-state index in [1.54, 1.807) is 6.07 Å². The van der Waals surface area contributed by atoms with E-state index in [1.165, 1.54) is 0 Å². The van der Waals surface area contributed by atoms with Crippen molar-refractivity contribution in [3.63, 3.8) is 0 Å². The molecule has 0 unspecified atom stereocenters. The highest BCUT2D eigenvalue weighted by Crippen LogP contribution is 2.10. The lowest BCUT2D eigenvalue weighted by atomic mass is 10.0. The fraction of sp³-hybridized carbons (Fsp3) is 0.333. The van der Waals surface area contributed by atoms with Crippen molar-refractivity contribution < 1.29 is 14.7 Å². The molecule has 0 spiro atoms. The molecule has 0 saturated carbocycles. The van der Waals surface area contributed by atoms with Gasteiger partial charge in [-0.05, 0) is 19.4 Å². The van der Waals surface area contributed by atoms with E-state index in [0.29, 0.717) is 5.56 Å². The Morgan fingerprint density at radius 2 is 1.94 bits per heavy atom. The molecule has 0 bridgehead atoms. The van der Waals surface area contributed by atoms with Crippen LogP contribution in [-0.2, 0) is 4.79 Å². The van der Waals surface area contributed by atoms with Gasteiger partial charge in [0, 0.05) is 5.56 Å². The van der Waals surface area contributed by atoms with E-state index < -0.39 is 5.97 Å². The molecule has 0 atom stereocenters. The first-order valence-corrected chi connectivity index (χ1v) is 5.03. The SMILES string of the molecule is Cc1ccc(C(=O)CNCC(=O)O)c(C)c1. The molecule has 86 valence electrons. The fourth-order valence-corrected chi connectivity index (χ4v) is 1.50. The normalized spacial score (nSPS) is 10.1. The first kappa shape index (κ1) is 12.4. The summed E-state index contributed by atoms with van der Waals surface area (Å²) >= 11 is 0. The van der Waals surface area contributed by atoms with Gasteiger partial charge in [0.15, 0.2) is 5.78 Å². The standard InChI is InChI=1S/C12H15NO3/c1-8-3-4-10(9(2)5-8)11(14)6-13-7-12(15)16/h3-5,13H,6-7H2,1-2H3,(H,15,16). The number of ketones is 1. The summed E-state index contributed by atoms with van der Waals surface area (Å²) in [6.07, 6.45) is 0. The Hall–Kier alpha value is -1.68. The van der Waals surface area contributed by atoms with Crippen LogP contribution in [0.15, 0.2) is 18.2 Å². The summed E-state index contributed by atoms with van der Waals surface area (Å²) in [5, 5.41) is 11.0. The average Bonchev–Trinajstić information content (AvgIpc) is 2.16. The molecule has 0 aliphatic heterocycles. The van der Waals surface area contributed by atoms with Crippen molar-refractivity contribution in [3.05, 3.63) is 34.9 Å². The number of hydrogen-bond acceptors (Lipinski definition) is 3. The second-order valence-corrected chi connectivity index (χ2v) is 3.74. The number of carboxylic acids is 1. The molecule has 4 heteroatoms. The second kappa shape index (κ2) is 5.42. The molecule has 0 fully saturated rings. The number of carbonyl (C=O) groups is 2. The zero-order valence-corrected chi connectivity index (χ0v) is 9.41. The number of aliphatic carboxylic acids is 1. The monoisotopic (exact) mass is 221 g/mol. The third-order valence-electron chi connectivity index (χ3n) is 2.24. The summed E-state index contributed by atoms with van der Waals surface area (Å²) < 4.78 is 0. The van der Waals surface area contributed by atoms with Gasteiger partial charge >= 0.3 is 5.97 Å². The summed E-state index contributed by atoms with van der Waals surface area (Å²) in [4.78, 5) is 22.0. The first-order chi connectivity index (χ1) is 7.50. The largest absolute Gasteiger partial charge is 0.480 e. The van der Waals surface area contributed by atoms with E-state index in [0.717, 1.165) is 11.1 Å². The van der Waals surface area contributed by atoms with Gasteiger partial charge in [-0.15, -0.1) is 0 Å². The maximum Gasteiger partial charge on any atom is 0.317 e. The number of Topliss-reactive ketones (excluding diaryl/α,β-unsaturated/α-hetero) is 1. The van der Waals surface area contributed by atoms with Gasteiger partial charge in [0.25, 0.3) is 0 Å². The van der Waals surface area contributed by atoms with Crippen LogP contribution in [0.25, 0.3) is 0 Å². The summed E-state index contributed by atoms with van der Waals surface area (Å²) in [7, 11) is 0. The van der Waals surface area contributed by atoms with Crippen LogP contribution in [0, 0.1) is 13.8 Å². The molecular weight excluding hydrogens is 206 g/mol. The lowest BCUT2D eigenvalue weighted by Gasteiger charge is -2.06. The molecule has 4 nitrogen and oxygen atoms in total. The van der Waals surface area contributed by atoms with Crippen molar-refractivity contribution in [2.75, 3.05) is 13.1 Å². The Labute approximate surface area is 94.3 Å². The summed E-state index contributed by atoms with van der Waals surface area (Å²) in [5.74, 6) is -1.05. The lowest BCUT2D eigenvalue weighted by Crippen LogP contribution is -2.28. The van der Waals surface area contributed by atoms with Gasteiger partial charge in [-0.1, -0.05) is 23.8 Å². The van der Waals surface area contributed by atoms with Crippen LogP contribution < -0.4 is 5.32 Å². The van der Waals surface area contributed by atoms with Crippen molar-refractivity contribution in [1.29, 1.82) is 0 Å². The Morgan fingerprint density at radius 1 is 1.25 bits per heavy atom. The van der Waals surface area contributed by atoms with Crippen molar-refractivity contribution in [2.24, 2.45) is 0 Å². The highest BCUT2D eigenvalue weighted by molar-refractivity contribution is 5.99. The minimum atomic E-state index is -0.964. The van der Waals surface area contributed by atoms with E-state index in [2.05, 4.69) is 5.32 Å². The smallest absolute Gasteiger partial charge is 0.317 e. The lowest BCUT2D eigenvalue weighted by molar-refractivity contribution is -0.135. The number of carboxylic acid groups (broad SMARTS) is 1. The number of aryl methyl sites for hydroxylation is 2. The summed E-state index contributed by atoms with van der Waals surface area (Å²) in [6, 6.07) is 5.58. The highest BCUT2D eigenvalue weighted by atomic mass is 16.4. The molecule has 2 N–H and O–H groups in total. The third kappa shape index (κ3) is 3.47. The number of hydrogen-bond donors (Lipinski definition) is 2. The van der Waals surface area contributed by atoms with E-state index in [9.17, 15) is 9.59 Å². The predicted octanol–water partition coefficient (Wildman–Crippen LogP) is 1.16. The van der Waals surface area contributed by atoms with Crippen molar-refractivity contribution in [2.45, 2.75) is 13.8 Å². The summed E-state index contributed by atoms with van der Waals surface area (Å²) in [6.45, 7) is 3.69. The molecule has 0 saturated heterocycles. The van der Waals surface area contributed by atoms with E-state index in [1.807, 2.05) is 26.0 Å². The molecular formula is C12H15NO3. The van der Waals surface area contributed by atoms with Crippen molar-refractivity contribution in [1.82, 2.24) is 5.32 Å². The quantitative estimate of drug-likeness (QED) is 0.732. The number of carbonyl (C=O) groups excluding carboxylic acids is 1. The highest BCUT2D eigenvalue weighted by Gasteiger charge is 2.08. The second-order valence-electron chi connectivity index (χ2n) is 3.74. The van der Waals surface area contributed by atoms with Crippen molar-refractivity contribution >= 4 is 11.8 Å². The number of nitrogens with one attached hydrogen (secondary N) is 1. The van der Waals surface area contributed by atoms with Crippen LogP contribution in [0.5, 0.6) is 0 Å². The van der Waals surface area contributed by atoms with Gasteiger partial charge in [0.1, 0.15) is 0 Å². The summed E-state index contributed by atoms with van der Waals surface area (Å²) in [5.41, 5.74) is 2.66. The van der Waals surface area contributed by atoms with Crippen molar-refractivity contribution in [3.8, 4) is 0 Å². The molecule has 1 rings (SSSR count). The molecule has 16 heavy (non-hydrogen) atoms. The maximum atomic E-state index is 11.7. The van der Waals surface area contributed by atoms with Crippen LogP contribution in [0.3, 0.4) is 0 Å². The van der Waals surface area contributed by atoms with Crippen LogP contribution >= 0.6 is 0 Å². The molecule has 0 aliphatic rings. The average molecular weight is 221 g/mol. The molecule has 0 heterocycles. The zero-order chi connectivity index (χ0) is 12.1. The Balaban J connectivity index is 2.63. The minimum absolute atomic E-state index is 0.0518. The molecule has 1 aromatic rings. The Bertz CT molecular complexity index is 413. The van der Waals surface area contributed by atoms with Gasteiger partial charge in [0.05, 0.1) is 13.1 Å². The topological polar surface area (TPSA) is 66.4 Å². The van der Waals surface area contributed by atoms with Gasteiger partial charge < -0.3 is 5.11 Å².